The summed E-state index contributed by atoms with van der Waals surface area (Å²) < 4.78 is 18.8. The van der Waals surface area contributed by atoms with Crippen LogP contribution in [-0.2, 0) is 11.3 Å². The third-order valence-corrected chi connectivity index (χ3v) is 2.74. The third kappa shape index (κ3) is 3.37. The summed E-state index contributed by atoms with van der Waals surface area (Å²) in [6.45, 7) is 0.129. The van der Waals surface area contributed by atoms with Gasteiger partial charge in [0.15, 0.2) is 5.69 Å². The second kappa shape index (κ2) is 5.73. The van der Waals surface area contributed by atoms with Crippen molar-refractivity contribution in [3.63, 3.8) is 0 Å². The Balaban J connectivity index is 1.98. The number of carbonyl (C=O) groups excluding carboxylic acids is 1. The first kappa shape index (κ1) is 12.7. The Labute approximate surface area is 112 Å². The van der Waals surface area contributed by atoms with Crippen LogP contribution in [0, 0.1) is 5.95 Å². The average molecular weight is 310 g/mol. The molecule has 0 aliphatic carbocycles. The van der Waals surface area contributed by atoms with Gasteiger partial charge in [0, 0.05) is 4.47 Å². The van der Waals surface area contributed by atoms with Crippen molar-refractivity contribution in [1.82, 2.24) is 4.98 Å². The molecule has 0 amide bonds. The summed E-state index contributed by atoms with van der Waals surface area (Å²) in [5, 5.41) is 0. The maximum absolute atomic E-state index is 12.8. The van der Waals surface area contributed by atoms with Crippen molar-refractivity contribution in [2.45, 2.75) is 6.61 Å². The van der Waals surface area contributed by atoms with Crippen LogP contribution in [0.4, 0.5) is 4.39 Å². The van der Waals surface area contributed by atoms with E-state index in [9.17, 15) is 9.18 Å². The summed E-state index contributed by atoms with van der Waals surface area (Å²) in [5.74, 6) is -1.34. The summed E-state index contributed by atoms with van der Waals surface area (Å²) >= 11 is 3.31. The van der Waals surface area contributed by atoms with Gasteiger partial charge >= 0.3 is 5.97 Å². The first-order valence-electron chi connectivity index (χ1n) is 5.19. The zero-order valence-electron chi connectivity index (χ0n) is 9.27. The molecule has 1 aromatic carbocycles. The van der Waals surface area contributed by atoms with Crippen LogP contribution >= 0.6 is 15.9 Å². The molecule has 0 fully saturated rings. The van der Waals surface area contributed by atoms with Gasteiger partial charge in [-0.25, -0.2) is 9.78 Å². The molecule has 18 heavy (non-hydrogen) atoms. The minimum absolute atomic E-state index is 0.0351. The average Bonchev–Trinajstić information content (AvgIpc) is 2.38. The van der Waals surface area contributed by atoms with Gasteiger partial charge in [-0.05, 0) is 29.8 Å². The number of benzene rings is 1. The zero-order valence-corrected chi connectivity index (χ0v) is 10.9. The topological polar surface area (TPSA) is 39.2 Å². The summed E-state index contributed by atoms with van der Waals surface area (Å²) in [6, 6.07) is 11.4. The molecule has 0 saturated carbocycles. The molecule has 0 bridgehead atoms. The summed E-state index contributed by atoms with van der Waals surface area (Å²) in [7, 11) is 0. The monoisotopic (exact) mass is 309 g/mol. The summed E-state index contributed by atoms with van der Waals surface area (Å²) in [6.07, 6.45) is 0. The van der Waals surface area contributed by atoms with Gasteiger partial charge in [0.25, 0.3) is 0 Å². The van der Waals surface area contributed by atoms with Crippen LogP contribution in [0.2, 0.25) is 0 Å². The van der Waals surface area contributed by atoms with Gasteiger partial charge in [-0.1, -0.05) is 34.1 Å². The smallest absolute Gasteiger partial charge is 0.357 e. The Morgan fingerprint density at radius 1 is 1.22 bits per heavy atom. The van der Waals surface area contributed by atoms with Crippen molar-refractivity contribution in [3.05, 3.63) is 64.1 Å². The van der Waals surface area contributed by atoms with E-state index in [2.05, 4.69) is 20.9 Å². The quantitative estimate of drug-likeness (QED) is 0.645. The molecule has 2 rings (SSSR count). The van der Waals surface area contributed by atoms with Crippen LogP contribution in [0.25, 0.3) is 0 Å². The standard InChI is InChI=1S/C13H9BrFNO2/c14-10-6-4-9(5-7-10)8-18-13(17)11-2-1-3-12(15)16-11/h1-7H,8H2. The Bertz CT molecular complexity index is 557. The predicted molar refractivity (Wildman–Crippen MR) is 67.5 cm³/mol. The number of carbonyl (C=O) groups is 1. The van der Waals surface area contributed by atoms with Gasteiger partial charge in [-0.15, -0.1) is 0 Å². The highest BCUT2D eigenvalue weighted by molar-refractivity contribution is 9.10. The maximum atomic E-state index is 12.8. The number of aromatic nitrogens is 1. The van der Waals surface area contributed by atoms with E-state index in [1.54, 1.807) is 0 Å². The minimum atomic E-state index is -0.701. The fourth-order valence-electron chi connectivity index (χ4n) is 1.33. The first-order chi connectivity index (χ1) is 8.65. The number of halogens is 2. The molecule has 1 aromatic heterocycles. The van der Waals surface area contributed by atoms with Gasteiger partial charge in [0.1, 0.15) is 6.61 Å². The number of rotatable bonds is 3. The molecule has 0 atom stereocenters. The van der Waals surface area contributed by atoms with E-state index in [4.69, 9.17) is 4.74 Å². The van der Waals surface area contributed by atoms with E-state index in [-0.39, 0.29) is 12.3 Å². The minimum Gasteiger partial charge on any atom is -0.456 e. The molecule has 1 heterocycles. The van der Waals surface area contributed by atoms with Gasteiger partial charge in [-0.2, -0.15) is 4.39 Å². The summed E-state index contributed by atoms with van der Waals surface area (Å²) in [5.41, 5.74) is 0.815. The van der Waals surface area contributed by atoms with E-state index in [1.807, 2.05) is 24.3 Å². The lowest BCUT2D eigenvalue weighted by atomic mass is 10.2. The molecule has 3 nitrogen and oxygen atoms in total. The number of hydrogen-bond donors (Lipinski definition) is 0. The second-order valence-corrected chi connectivity index (χ2v) is 4.46. The molecular weight excluding hydrogens is 301 g/mol. The van der Waals surface area contributed by atoms with Crippen molar-refractivity contribution in [2.75, 3.05) is 0 Å². The van der Waals surface area contributed by atoms with E-state index >= 15 is 0 Å². The lowest BCUT2D eigenvalue weighted by molar-refractivity contribution is 0.0464. The highest BCUT2D eigenvalue weighted by atomic mass is 79.9. The van der Waals surface area contributed by atoms with Gasteiger partial charge in [-0.3, -0.25) is 0 Å². The molecule has 0 spiro atoms. The Kier molecular flexibility index (Phi) is 4.04. The Hall–Kier alpha value is -1.75. The molecule has 2 aromatic rings. The molecule has 0 N–H and O–H groups in total. The van der Waals surface area contributed by atoms with Crippen LogP contribution in [0.15, 0.2) is 46.9 Å². The second-order valence-electron chi connectivity index (χ2n) is 3.55. The molecule has 0 radical (unpaired) electrons. The van der Waals surface area contributed by atoms with Crippen molar-refractivity contribution >= 4 is 21.9 Å². The summed E-state index contributed by atoms with van der Waals surface area (Å²) in [4.78, 5) is 15.0. The molecular formula is C13H9BrFNO2. The molecule has 0 unspecified atom stereocenters. The lowest BCUT2D eigenvalue weighted by Gasteiger charge is -2.04. The SMILES string of the molecule is O=C(OCc1ccc(Br)cc1)c1cccc(F)n1. The largest absolute Gasteiger partial charge is 0.456 e. The van der Waals surface area contributed by atoms with Crippen LogP contribution in [0.5, 0.6) is 0 Å². The highest BCUT2D eigenvalue weighted by Crippen LogP contribution is 2.11. The van der Waals surface area contributed by atoms with Crippen molar-refractivity contribution in [2.24, 2.45) is 0 Å². The van der Waals surface area contributed by atoms with E-state index in [1.165, 1.54) is 18.2 Å². The fraction of sp³-hybridized carbons (Fsp3) is 0.0769. The maximum Gasteiger partial charge on any atom is 0.357 e. The molecule has 5 heteroatoms. The van der Waals surface area contributed by atoms with Crippen molar-refractivity contribution in [1.29, 1.82) is 0 Å². The number of nitrogens with zero attached hydrogens (tertiary/aromatic N) is 1. The van der Waals surface area contributed by atoms with E-state index in [0.29, 0.717) is 0 Å². The number of pyridine rings is 1. The normalized spacial score (nSPS) is 10.1. The molecule has 92 valence electrons. The van der Waals surface area contributed by atoms with Crippen LogP contribution < -0.4 is 0 Å². The van der Waals surface area contributed by atoms with Crippen LogP contribution in [0.1, 0.15) is 16.1 Å². The molecule has 0 aliphatic heterocycles. The van der Waals surface area contributed by atoms with Crippen molar-refractivity contribution < 1.29 is 13.9 Å². The Morgan fingerprint density at radius 3 is 2.61 bits per heavy atom. The lowest BCUT2D eigenvalue weighted by Crippen LogP contribution is -2.08. The fourth-order valence-corrected chi connectivity index (χ4v) is 1.59. The first-order valence-corrected chi connectivity index (χ1v) is 5.98. The van der Waals surface area contributed by atoms with Gasteiger partial charge in [0.05, 0.1) is 0 Å². The zero-order chi connectivity index (χ0) is 13.0. The third-order valence-electron chi connectivity index (χ3n) is 2.21. The molecule has 0 saturated heterocycles. The van der Waals surface area contributed by atoms with E-state index in [0.717, 1.165) is 10.0 Å². The Morgan fingerprint density at radius 2 is 1.94 bits per heavy atom. The molecule has 0 aliphatic rings. The number of hydrogen-bond acceptors (Lipinski definition) is 3. The number of ether oxygens (including phenoxy) is 1. The van der Waals surface area contributed by atoms with E-state index < -0.39 is 11.9 Å². The van der Waals surface area contributed by atoms with Crippen molar-refractivity contribution in [3.8, 4) is 0 Å². The van der Waals surface area contributed by atoms with Gasteiger partial charge in [0.2, 0.25) is 5.95 Å². The van der Waals surface area contributed by atoms with Crippen LogP contribution in [0.3, 0.4) is 0 Å². The van der Waals surface area contributed by atoms with Crippen LogP contribution in [-0.4, -0.2) is 11.0 Å². The highest BCUT2D eigenvalue weighted by Gasteiger charge is 2.09. The number of esters is 1. The predicted octanol–water partition coefficient (Wildman–Crippen LogP) is 3.34. The van der Waals surface area contributed by atoms with Gasteiger partial charge < -0.3 is 4.74 Å².